The van der Waals surface area contributed by atoms with Crippen molar-refractivity contribution in [2.75, 3.05) is 6.61 Å². The molecule has 1 aromatic rings. The van der Waals surface area contributed by atoms with Gasteiger partial charge in [-0.1, -0.05) is 19.1 Å². The topological polar surface area (TPSA) is 46.5 Å². The molecule has 3 nitrogen and oxygen atoms in total. The molecule has 0 heterocycles. The molecule has 0 aliphatic rings. The molecule has 0 bridgehead atoms. The van der Waals surface area contributed by atoms with E-state index < -0.39 is 5.97 Å². The van der Waals surface area contributed by atoms with E-state index in [4.69, 9.17) is 9.84 Å². The molecule has 0 radical (unpaired) electrons. The lowest BCUT2D eigenvalue weighted by atomic mass is 10.1. The minimum absolute atomic E-state index is 0.0644. The van der Waals surface area contributed by atoms with Crippen LogP contribution in [0.15, 0.2) is 18.2 Å². The van der Waals surface area contributed by atoms with Gasteiger partial charge in [-0.05, 0) is 30.5 Å². The van der Waals surface area contributed by atoms with Crippen LogP contribution >= 0.6 is 0 Å². The Morgan fingerprint density at radius 3 is 2.73 bits per heavy atom. The third-order valence-corrected chi connectivity index (χ3v) is 2.06. The van der Waals surface area contributed by atoms with E-state index in [1.165, 1.54) is 0 Å². The highest BCUT2D eigenvalue weighted by atomic mass is 16.5. The van der Waals surface area contributed by atoms with E-state index in [0.29, 0.717) is 6.61 Å². The van der Waals surface area contributed by atoms with E-state index >= 15 is 0 Å². The molecule has 0 spiro atoms. The highest BCUT2D eigenvalue weighted by molar-refractivity contribution is 5.70. The van der Waals surface area contributed by atoms with Crippen molar-refractivity contribution in [1.82, 2.24) is 0 Å². The van der Waals surface area contributed by atoms with Crippen LogP contribution in [0.4, 0.5) is 0 Å². The Morgan fingerprint density at radius 1 is 1.47 bits per heavy atom. The molecule has 82 valence electrons. The first-order chi connectivity index (χ1) is 7.13. The number of aliphatic carboxylic acids is 1. The number of carboxylic acid groups (broad SMARTS) is 1. The lowest BCUT2D eigenvalue weighted by Gasteiger charge is -2.08. The summed E-state index contributed by atoms with van der Waals surface area (Å²) in [6.07, 6.45) is 1.03. The van der Waals surface area contributed by atoms with Gasteiger partial charge in [0.05, 0.1) is 13.0 Å². The number of hydrogen-bond donors (Lipinski definition) is 1. The molecule has 0 saturated carbocycles. The summed E-state index contributed by atoms with van der Waals surface area (Å²) in [5.74, 6) is 0.0302. The summed E-state index contributed by atoms with van der Waals surface area (Å²) >= 11 is 0. The molecule has 0 amide bonds. The molecule has 15 heavy (non-hydrogen) atoms. The second kappa shape index (κ2) is 5.39. The zero-order chi connectivity index (χ0) is 11.3. The highest BCUT2D eigenvalue weighted by Gasteiger charge is 2.04. The minimum Gasteiger partial charge on any atom is -0.493 e. The molecule has 0 unspecified atom stereocenters. The quantitative estimate of drug-likeness (QED) is 0.808. The molecule has 0 aliphatic heterocycles. The van der Waals surface area contributed by atoms with Crippen molar-refractivity contribution >= 4 is 5.97 Å². The van der Waals surface area contributed by atoms with Gasteiger partial charge in [0, 0.05) is 0 Å². The number of rotatable bonds is 5. The molecule has 1 N–H and O–H groups in total. The number of carbonyl (C=O) groups is 1. The molecule has 0 fully saturated rings. The maximum Gasteiger partial charge on any atom is 0.307 e. The molecule has 3 heteroatoms. The van der Waals surface area contributed by atoms with Gasteiger partial charge in [0.1, 0.15) is 5.75 Å². The summed E-state index contributed by atoms with van der Waals surface area (Å²) in [4.78, 5) is 10.5. The van der Waals surface area contributed by atoms with E-state index in [0.717, 1.165) is 23.3 Å². The van der Waals surface area contributed by atoms with Crippen LogP contribution in [0, 0.1) is 6.92 Å². The van der Waals surface area contributed by atoms with E-state index in [9.17, 15) is 4.79 Å². The summed E-state index contributed by atoms with van der Waals surface area (Å²) in [7, 11) is 0. The van der Waals surface area contributed by atoms with Crippen molar-refractivity contribution in [3.8, 4) is 5.75 Å². The predicted molar refractivity (Wildman–Crippen MR) is 58.3 cm³/mol. The van der Waals surface area contributed by atoms with Crippen LogP contribution in [0.25, 0.3) is 0 Å². The molecule has 0 aromatic heterocycles. The van der Waals surface area contributed by atoms with Crippen LogP contribution < -0.4 is 4.74 Å². The SMILES string of the molecule is CCCOc1ccc(CC(=O)O)cc1C. The van der Waals surface area contributed by atoms with Crippen molar-refractivity contribution in [2.45, 2.75) is 26.7 Å². The first kappa shape index (κ1) is 11.6. The van der Waals surface area contributed by atoms with Crippen LogP contribution in [0.3, 0.4) is 0 Å². The zero-order valence-electron chi connectivity index (χ0n) is 9.12. The van der Waals surface area contributed by atoms with Crippen LogP contribution in [0.5, 0.6) is 5.75 Å². The Bertz CT molecular complexity index is 345. The van der Waals surface area contributed by atoms with E-state index in [1.807, 2.05) is 26.0 Å². The van der Waals surface area contributed by atoms with Gasteiger partial charge in [-0.3, -0.25) is 4.79 Å². The number of ether oxygens (including phenoxy) is 1. The van der Waals surface area contributed by atoms with Gasteiger partial charge >= 0.3 is 5.97 Å². The fourth-order valence-corrected chi connectivity index (χ4v) is 1.37. The van der Waals surface area contributed by atoms with Crippen molar-refractivity contribution < 1.29 is 14.6 Å². The third kappa shape index (κ3) is 3.62. The molecule has 1 rings (SSSR count). The van der Waals surface area contributed by atoms with E-state index in [1.54, 1.807) is 6.07 Å². The van der Waals surface area contributed by atoms with Gasteiger partial charge in [-0.2, -0.15) is 0 Å². The van der Waals surface area contributed by atoms with Gasteiger partial charge in [-0.25, -0.2) is 0 Å². The normalized spacial score (nSPS) is 10.0. The first-order valence-corrected chi connectivity index (χ1v) is 5.07. The second-order valence-electron chi connectivity index (χ2n) is 3.52. The Hall–Kier alpha value is -1.51. The smallest absolute Gasteiger partial charge is 0.307 e. The van der Waals surface area contributed by atoms with Crippen LogP contribution in [0.2, 0.25) is 0 Å². The zero-order valence-corrected chi connectivity index (χ0v) is 9.12. The lowest BCUT2D eigenvalue weighted by Crippen LogP contribution is -2.02. The van der Waals surface area contributed by atoms with Gasteiger partial charge in [0.2, 0.25) is 0 Å². The van der Waals surface area contributed by atoms with E-state index in [2.05, 4.69) is 0 Å². The molecular formula is C12H16O3. The van der Waals surface area contributed by atoms with Crippen molar-refractivity contribution in [2.24, 2.45) is 0 Å². The van der Waals surface area contributed by atoms with Crippen molar-refractivity contribution in [3.05, 3.63) is 29.3 Å². The standard InChI is InChI=1S/C12H16O3/c1-3-6-15-11-5-4-10(7-9(11)2)8-12(13)14/h4-5,7H,3,6,8H2,1-2H3,(H,13,14). The predicted octanol–water partition coefficient (Wildman–Crippen LogP) is 2.41. The highest BCUT2D eigenvalue weighted by Crippen LogP contribution is 2.19. The molecule has 0 aliphatic carbocycles. The third-order valence-electron chi connectivity index (χ3n) is 2.06. The number of aryl methyl sites for hydroxylation is 1. The fourth-order valence-electron chi connectivity index (χ4n) is 1.37. The summed E-state index contributed by atoms with van der Waals surface area (Å²) < 4.78 is 5.50. The van der Waals surface area contributed by atoms with Gasteiger partial charge in [0.15, 0.2) is 0 Å². The number of carboxylic acids is 1. The summed E-state index contributed by atoms with van der Waals surface area (Å²) in [5.41, 5.74) is 1.80. The molecule has 0 saturated heterocycles. The molecule has 0 atom stereocenters. The van der Waals surface area contributed by atoms with Crippen molar-refractivity contribution in [3.63, 3.8) is 0 Å². The second-order valence-corrected chi connectivity index (χ2v) is 3.52. The van der Waals surface area contributed by atoms with Gasteiger partial charge < -0.3 is 9.84 Å². The lowest BCUT2D eigenvalue weighted by molar-refractivity contribution is -0.136. The monoisotopic (exact) mass is 208 g/mol. The maximum atomic E-state index is 10.5. The maximum absolute atomic E-state index is 10.5. The van der Waals surface area contributed by atoms with Gasteiger partial charge in [0.25, 0.3) is 0 Å². The van der Waals surface area contributed by atoms with Crippen LogP contribution in [-0.2, 0) is 11.2 Å². The van der Waals surface area contributed by atoms with Crippen LogP contribution in [-0.4, -0.2) is 17.7 Å². The van der Waals surface area contributed by atoms with Crippen LogP contribution in [0.1, 0.15) is 24.5 Å². The number of benzene rings is 1. The average Bonchev–Trinajstić information content (AvgIpc) is 2.15. The Morgan fingerprint density at radius 2 is 2.20 bits per heavy atom. The summed E-state index contributed by atoms with van der Waals surface area (Å²) in [5, 5.41) is 8.64. The number of hydrogen-bond acceptors (Lipinski definition) is 2. The van der Waals surface area contributed by atoms with E-state index in [-0.39, 0.29) is 6.42 Å². The van der Waals surface area contributed by atoms with Gasteiger partial charge in [-0.15, -0.1) is 0 Å². The Labute approximate surface area is 89.7 Å². The fraction of sp³-hybridized carbons (Fsp3) is 0.417. The Kier molecular flexibility index (Phi) is 4.16. The van der Waals surface area contributed by atoms with Crippen molar-refractivity contribution in [1.29, 1.82) is 0 Å². The molecule has 1 aromatic carbocycles. The largest absolute Gasteiger partial charge is 0.493 e. The average molecular weight is 208 g/mol. The summed E-state index contributed by atoms with van der Waals surface area (Å²) in [6, 6.07) is 5.49. The Balaban J connectivity index is 2.74. The molecular weight excluding hydrogens is 192 g/mol. The first-order valence-electron chi connectivity index (χ1n) is 5.07. The summed E-state index contributed by atoms with van der Waals surface area (Å²) in [6.45, 7) is 4.67. The minimum atomic E-state index is -0.809.